The number of halogens is 6. The number of benzene rings is 2. The molecule has 0 heterocycles. The quantitative estimate of drug-likeness (QED) is 0.354. The van der Waals surface area contributed by atoms with Gasteiger partial charge in [-0.2, -0.15) is 26.3 Å². The van der Waals surface area contributed by atoms with E-state index in [-0.39, 0.29) is 18.7 Å². The number of carbonyl (C=O) groups excluding carboxylic acids is 3. The lowest BCUT2D eigenvalue weighted by Gasteiger charge is -2.20. The Bertz CT molecular complexity index is 1120. The van der Waals surface area contributed by atoms with Crippen molar-refractivity contribution in [3.63, 3.8) is 0 Å². The number of hydrogen-bond acceptors (Lipinski definition) is 4. The molecular formula is C24H26F6N4O3. The highest BCUT2D eigenvalue weighted by Crippen LogP contribution is 2.29. The standard InChI is InChI=1S/C24H26F6N4O3/c1-14-6-7-17(15(2)8-14)10-31-11-19(22(37)33-13-23(25,26)27)34-20(35)12-32-21(36)16-4-3-5-18(9-16)24(28,29)30/h3-9,19,31H,10-13H2,1-2H3,(H,32,36)(H,33,37)(H,34,35)/t19-/m0/s1. The Morgan fingerprint density at radius 3 is 2.24 bits per heavy atom. The molecule has 2 rings (SSSR count). The van der Waals surface area contributed by atoms with Crippen LogP contribution in [-0.2, 0) is 22.3 Å². The molecule has 3 amide bonds. The molecule has 0 saturated carbocycles. The molecule has 37 heavy (non-hydrogen) atoms. The number of alkyl halides is 6. The zero-order chi connectivity index (χ0) is 27.8. The highest BCUT2D eigenvalue weighted by molar-refractivity contribution is 5.97. The summed E-state index contributed by atoms with van der Waals surface area (Å²) < 4.78 is 76.1. The van der Waals surface area contributed by atoms with Gasteiger partial charge in [0, 0.05) is 18.7 Å². The molecule has 13 heteroatoms. The predicted octanol–water partition coefficient (Wildman–Crippen LogP) is 3.01. The van der Waals surface area contributed by atoms with Crippen LogP contribution in [0.15, 0.2) is 42.5 Å². The zero-order valence-corrected chi connectivity index (χ0v) is 19.9. The molecule has 0 radical (unpaired) electrons. The molecule has 0 aliphatic rings. The average molecular weight is 532 g/mol. The summed E-state index contributed by atoms with van der Waals surface area (Å²) >= 11 is 0. The Morgan fingerprint density at radius 2 is 1.62 bits per heavy atom. The van der Waals surface area contributed by atoms with Crippen LogP contribution < -0.4 is 21.3 Å². The lowest BCUT2D eigenvalue weighted by atomic mass is 10.1. The zero-order valence-electron chi connectivity index (χ0n) is 19.9. The molecule has 7 nitrogen and oxygen atoms in total. The van der Waals surface area contributed by atoms with Gasteiger partial charge in [0.25, 0.3) is 5.91 Å². The van der Waals surface area contributed by atoms with E-state index in [2.05, 4.69) is 16.0 Å². The molecule has 4 N–H and O–H groups in total. The minimum absolute atomic E-state index is 0.232. The number of rotatable bonds is 10. The van der Waals surface area contributed by atoms with Crippen LogP contribution in [0.5, 0.6) is 0 Å². The summed E-state index contributed by atoms with van der Waals surface area (Å²) in [5.74, 6) is -3.02. The van der Waals surface area contributed by atoms with Gasteiger partial charge in [-0.3, -0.25) is 14.4 Å². The lowest BCUT2D eigenvalue weighted by Crippen LogP contribution is -2.54. The summed E-state index contributed by atoms with van der Waals surface area (Å²) in [6.07, 6.45) is -9.34. The molecule has 0 aliphatic heterocycles. The second kappa shape index (κ2) is 12.6. The third-order valence-corrected chi connectivity index (χ3v) is 5.14. The number of nitrogens with one attached hydrogen (secondary N) is 4. The molecule has 202 valence electrons. The smallest absolute Gasteiger partial charge is 0.345 e. The van der Waals surface area contributed by atoms with Crippen molar-refractivity contribution in [3.05, 3.63) is 70.3 Å². The maximum atomic E-state index is 12.8. The molecular weight excluding hydrogens is 506 g/mol. The Morgan fingerprint density at radius 1 is 0.919 bits per heavy atom. The molecule has 2 aromatic rings. The molecule has 2 aromatic carbocycles. The van der Waals surface area contributed by atoms with Gasteiger partial charge < -0.3 is 21.3 Å². The topological polar surface area (TPSA) is 99.3 Å². The largest absolute Gasteiger partial charge is 0.416 e. The molecule has 0 unspecified atom stereocenters. The number of carbonyl (C=O) groups is 3. The minimum Gasteiger partial charge on any atom is -0.345 e. The van der Waals surface area contributed by atoms with Crippen molar-refractivity contribution in [2.45, 2.75) is 38.8 Å². The van der Waals surface area contributed by atoms with Crippen molar-refractivity contribution in [1.82, 2.24) is 21.3 Å². The van der Waals surface area contributed by atoms with Crippen molar-refractivity contribution in [1.29, 1.82) is 0 Å². The van der Waals surface area contributed by atoms with E-state index in [0.717, 1.165) is 34.9 Å². The Labute approximate surface area is 209 Å². The van der Waals surface area contributed by atoms with Crippen LogP contribution in [-0.4, -0.2) is 49.6 Å². The highest BCUT2D eigenvalue weighted by atomic mass is 19.4. The van der Waals surface area contributed by atoms with E-state index in [9.17, 15) is 40.7 Å². The molecule has 0 spiro atoms. The molecule has 0 aromatic heterocycles. The van der Waals surface area contributed by atoms with E-state index in [4.69, 9.17) is 0 Å². The van der Waals surface area contributed by atoms with Crippen LogP contribution in [0.1, 0.15) is 32.6 Å². The monoisotopic (exact) mass is 532 g/mol. The summed E-state index contributed by atoms with van der Waals surface area (Å²) in [7, 11) is 0. The normalized spacial score (nSPS) is 12.5. The Kier molecular flexibility index (Phi) is 10.1. The van der Waals surface area contributed by atoms with Gasteiger partial charge >= 0.3 is 12.4 Å². The first-order chi connectivity index (χ1) is 17.2. The van der Waals surface area contributed by atoms with E-state index >= 15 is 0 Å². The van der Waals surface area contributed by atoms with E-state index in [0.29, 0.717) is 6.07 Å². The Balaban J connectivity index is 1.99. The number of aryl methyl sites for hydroxylation is 2. The van der Waals surface area contributed by atoms with Crippen LogP contribution in [0, 0.1) is 13.8 Å². The van der Waals surface area contributed by atoms with Gasteiger partial charge in [0.05, 0.1) is 12.1 Å². The lowest BCUT2D eigenvalue weighted by molar-refractivity contribution is -0.140. The average Bonchev–Trinajstić information content (AvgIpc) is 2.80. The summed E-state index contributed by atoms with van der Waals surface area (Å²) in [6, 6.07) is 7.75. The Hall–Kier alpha value is -3.61. The van der Waals surface area contributed by atoms with Gasteiger partial charge in [-0.1, -0.05) is 29.8 Å². The SMILES string of the molecule is Cc1ccc(CNC[C@H](NC(=O)CNC(=O)c2cccc(C(F)(F)F)c2)C(=O)NCC(F)(F)F)c(C)c1. The maximum Gasteiger partial charge on any atom is 0.416 e. The van der Waals surface area contributed by atoms with Gasteiger partial charge in [-0.15, -0.1) is 0 Å². The van der Waals surface area contributed by atoms with Gasteiger partial charge in [0.1, 0.15) is 12.6 Å². The second-order valence-electron chi connectivity index (χ2n) is 8.28. The first kappa shape index (κ1) is 29.6. The highest BCUT2D eigenvalue weighted by Gasteiger charge is 2.31. The van der Waals surface area contributed by atoms with Crippen LogP contribution in [0.25, 0.3) is 0 Å². The van der Waals surface area contributed by atoms with Crippen molar-refractivity contribution >= 4 is 17.7 Å². The summed E-state index contributed by atoms with van der Waals surface area (Å²) in [5.41, 5.74) is 1.45. The van der Waals surface area contributed by atoms with Gasteiger partial charge in [0.2, 0.25) is 11.8 Å². The van der Waals surface area contributed by atoms with Crippen molar-refractivity contribution in [2.24, 2.45) is 0 Å². The fraction of sp³-hybridized carbons (Fsp3) is 0.375. The fourth-order valence-corrected chi connectivity index (χ4v) is 3.26. The molecule has 0 saturated heterocycles. The van der Waals surface area contributed by atoms with Gasteiger partial charge in [-0.25, -0.2) is 0 Å². The van der Waals surface area contributed by atoms with Crippen molar-refractivity contribution < 1.29 is 40.7 Å². The van der Waals surface area contributed by atoms with Crippen molar-refractivity contribution in [2.75, 3.05) is 19.6 Å². The second-order valence-corrected chi connectivity index (χ2v) is 8.28. The van der Waals surface area contributed by atoms with E-state index in [1.54, 1.807) is 5.32 Å². The van der Waals surface area contributed by atoms with Crippen LogP contribution in [0.3, 0.4) is 0 Å². The summed E-state index contributed by atoms with van der Waals surface area (Å²) in [6.45, 7) is 1.47. The maximum absolute atomic E-state index is 12.8. The molecule has 0 aliphatic carbocycles. The minimum atomic E-state index is -4.67. The third kappa shape index (κ3) is 10.1. The van der Waals surface area contributed by atoms with Gasteiger partial charge in [-0.05, 0) is 43.2 Å². The first-order valence-corrected chi connectivity index (χ1v) is 11.0. The molecule has 1 atom stereocenters. The first-order valence-electron chi connectivity index (χ1n) is 11.0. The summed E-state index contributed by atoms with van der Waals surface area (Å²) in [5, 5.41) is 8.95. The van der Waals surface area contributed by atoms with E-state index in [1.165, 1.54) is 0 Å². The summed E-state index contributed by atoms with van der Waals surface area (Å²) in [4.78, 5) is 36.8. The fourth-order valence-electron chi connectivity index (χ4n) is 3.26. The van der Waals surface area contributed by atoms with E-state index in [1.807, 2.05) is 32.0 Å². The van der Waals surface area contributed by atoms with Gasteiger partial charge in [0.15, 0.2) is 0 Å². The van der Waals surface area contributed by atoms with Crippen LogP contribution >= 0.6 is 0 Å². The molecule has 0 bridgehead atoms. The van der Waals surface area contributed by atoms with Crippen molar-refractivity contribution in [3.8, 4) is 0 Å². The number of amides is 3. The van der Waals surface area contributed by atoms with Crippen LogP contribution in [0.2, 0.25) is 0 Å². The third-order valence-electron chi connectivity index (χ3n) is 5.14. The van der Waals surface area contributed by atoms with Crippen LogP contribution in [0.4, 0.5) is 26.3 Å². The molecule has 0 fully saturated rings. The number of hydrogen-bond donors (Lipinski definition) is 4. The van der Waals surface area contributed by atoms with E-state index < -0.39 is 54.8 Å². The predicted molar refractivity (Wildman–Crippen MR) is 122 cm³/mol.